The number of nitrogens with zero attached hydrogens (tertiary/aromatic N) is 1. The highest BCUT2D eigenvalue weighted by Crippen LogP contribution is 1.62. The topological polar surface area (TPSA) is 70.7 Å². The van der Waals surface area contributed by atoms with E-state index in [0.717, 1.165) is 4.09 Å². The predicted octanol–water partition coefficient (Wildman–Crippen LogP) is -1.44. The quantitative estimate of drug-likeness (QED) is 0.379. The molecule has 0 aliphatic heterocycles. The van der Waals surface area contributed by atoms with Crippen LogP contribution in [0.3, 0.4) is 0 Å². The molecule has 0 spiro atoms. The Morgan fingerprint density at radius 2 is 2.12 bits per heavy atom. The first-order valence-corrected chi connectivity index (χ1v) is 2.21. The summed E-state index contributed by atoms with van der Waals surface area (Å²) in [6.07, 6.45) is 0. The van der Waals surface area contributed by atoms with Gasteiger partial charge in [-0.3, -0.25) is 4.98 Å². The molecule has 0 saturated carbocycles. The highest BCUT2D eigenvalue weighted by atomic mass is 32.1. The summed E-state index contributed by atoms with van der Waals surface area (Å²) in [7, 11) is 0. The summed E-state index contributed by atoms with van der Waals surface area (Å²) in [6, 6.07) is 0. The zero-order valence-electron chi connectivity index (χ0n) is 3.71. The van der Waals surface area contributed by atoms with E-state index in [2.05, 4.69) is 17.9 Å². The Bertz CT molecular complexity index is 280. The second kappa shape index (κ2) is 1.55. The largest absolute Gasteiger partial charge is 0.354 e. The van der Waals surface area contributed by atoms with E-state index >= 15 is 0 Å². The fraction of sp³-hybridized carbons (Fsp3) is 0. The van der Waals surface area contributed by atoms with Crippen LogP contribution in [0.1, 0.15) is 0 Å². The van der Waals surface area contributed by atoms with Crippen LogP contribution in [0.4, 0.5) is 0 Å². The third-order valence-corrected chi connectivity index (χ3v) is 0.902. The van der Waals surface area contributed by atoms with Crippen LogP contribution in [-0.2, 0) is 0 Å². The fourth-order valence-corrected chi connectivity index (χ4v) is 0.466. The van der Waals surface area contributed by atoms with Crippen molar-refractivity contribution in [2.24, 2.45) is 0 Å². The van der Waals surface area contributed by atoms with E-state index in [-0.39, 0.29) is 0 Å². The molecule has 0 saturated heterocycles. The summed E-state index contributed by atoms with van der Waals surface area (Å²) >= 11 is 3.54. The van der Waals surface area contributed by atoms with Crippen molar-refractivity contribution in [3.63, 3.8) is 0 Å². The normalized spacial score (nSPS) is 9.62. The number of aromatic amines is 2. The van der Waals surface area contributed by atoms with Gasteiger partial charge in [0.2, 0.25) is 0 Å². The summed E-state index contributed by atoms with van der Waals surface area (Å²) < 4.78 is 0.766. The van der Waals surface area contributed by atoms with Gasteiger partial charge in [0.15, 0.2) is 0 Å². The number of hydrogen-bond donors (Lipinski definition) is 3. The second-order valence-corrected chi connectivity index (χ2v) is 1.58. The standard InChI is InChI=1S/C2H3N3O2S/c6-1-3-2(7)5(8)4-1/h8H,(H2,3,4,6,7). The van der Waals surface area contributed by atoms with Crippen molar-refractivity contribution in [3.05, 3.63) is 21.0 Å². The number of hydrogen-bond acceptors (Lipinski definition) is 3. The first-order valence-electron chi connectivity index (χ1n) is 1.81. The Balaban J connectivity index is 3.59. The number of H-pyrrole nitrogens is 2. The van der Waals surface area contributed by atoms with Crippen molar-refractivity contribution in [2.45, 2.75) is 0 Å². The lowest BCUT2D eigenvalue weighted by molar-refractivity contribution is 0.963. The summed E-state index contributed by atoms with van der Waals surface area (Å²) in [5.74, 6) is 0. The summed E-state index contributed by atoms with van der Waals surface area (Å²) in [5, 5.41) is 2.06. The number of thiol groups is 1. The van der Waals surface area contributed by atoms with E-state index in [0.29, 0.717) is 0 Å². The molecule has 8 heavy (non-hydrogen) atoms. The lowest BCUT2D eigenvalue weighted by atomic mass is 11.2. The van der Waals surface area contributed by atoms with Gasteiger partial charge in [0.05, 0.1) is 0 Å². The molecule has 0 radical (unpaired) electrons. The van der Waals surface area contributed by atoms with Gasteiger partial charge in [0.25, 0.3) is 0 Å². The first-order chi connectivity index (χ1) is 3.70. The van der Waals surface area contributed by atoms with Crippen LogP contribution >= 0.6 is 12.8 Å². The Hall–Kier alpha value is -0.910. The molecule has 0 aliphatic carbocycles. The van der Waals surface area contributed by atoms with Gasteiger partial charge in [-0.2, -0.15) is 4.09 Å². The molecule has 5 nitrogen and oxygen atoms in total. The average Bonchev–Trinajstić information content (AvgIpc) is 1.85. The van der Waals surface area contributed by atoms with Crippen molar-refractivity contribution in [1.82, 2.24) is 14.2 Å². The third-order valence-electron chi connectivity index (χ3n) is 0.620. The monoisotopic (exact) mass is 133 g/mol. The van der Waals surface area contributed by atoms with E-state index < -0.39 is 11.4 Å². The molecule has 0 aliphatic rings. The van der Waals surface area contributed by atoms with Gasteiger partial charge in [0, 0.05) is 0 Å². The minimum absolute atomic E-state index is 0.551. The van der Waals surface area contributed by atoms with Gasteiger partial charge in [0.1, 0.15) is 0 Å². The number of aromatic nitrogens is 3. The van der Waals surface area contributed by atoms with Gasteiger partial charge in [-0.05, 0) is 12.8 Å². The van der Waals surface area contributed by atoms with E-state index in [1.165, 1.54) is 0 Å². The van der Waals surface area contributed by atoms with Gasteiger partial charge in [-0.25, -0.2) is 14.7 Å². The van der Waals surface area contributed by atoms with Gasteiger partial charge < -0.3 is 0 Å². The Morgan fingerprint density at radius 3 is 2.25 bits per heavy atom. The van der Waals surface area contributed by atoms with Crippen LogP contribution in [0.15, 0.2) is 9.59 Å². The lowest BCUT2D eigenvalue weighted by Gasteiger charge is -1.74. The molecule has 0 fully saturated rings. The van der Waals surface area contributed by atoms with Crippen LogP contribution in [0.25, 0.3) is 0 Å². The van der Waals surface area contributed by atoms with Gasteiger partial charge in [-0.15, -0.1) is 0 Å². The second-order valence-electron chi connectivity index (χ2n) is 1.18. The maximum atomic E-state index is 10.2. The van der Waals surface area contributed by atoms with Crippen molar-refractivity contribution in [2.75, 3.05) is 0 Å². The van der Waals surface area contributed by atoms with Crippen molar-refractivity contribution >= 4 is 12.8 Å². The van der Waals surface area contributed by atoms with E-state index in [9.17, 15) is 9.59 Å². The van der Waals surface area contributed by atoms with Gasteiger partial charge in [-0.1, -0.05) is 0 Å². The molecular weight excluding hydrogens is 130 g/mol. The van der Waals surface area contributed by atoms with Crippen molar-refractivity contribution in [1.29, 1.82) is 0 Å². The van der Waals surface area contributed by atoms with Gasteiger partial charge >= 0.3 is 11.4 Å². The maximum absolute atomic E-state index is 10.2. The molecule has 0 unspecified atom stereocenters. The number of nitrogens with one attached hydrogen (secondary N) is 2. The molecule has 44 valence electrons. The maximum Gasteiger partial charge on any atom is 0.354 e. The molecule has 1 rings (SSSR count). The SMILES string of the molecule is O=c1[nH]c(=O)n(S)[nH]1. The zero-order chi connectivity index (χ0) is 6.15. The molecule has 0 aromatic carbocycles. The van der Waals surface area contributed by atoms with E-state index in [1.54, 1.807) is 0 Å². The van der Waals surface area contributed by atoms with E-state index in [1.807, 2.05) is 4.98 Å². The van der Waals surface area contributed by atoms with Crippen LogP contribution in [0.2, 0.25) is 0 Å². The van der Waals surface area contributed by atoms with Crippen LogP contribution in [0.5, 0.6) is 0 Å². The van der Waals surface area contributed by atoms with Crippen LogP contribution < -0.4 is 11.4 Å². The molecule has 2 N–H and O–H groups in total. The smallest absolute Gasteiger partial charge is 0.256 e. The minimum atomic E-state index is -0.557. The molecule has 1 aromatic rings. The van der Waals surface area contributed by atoms with Crippen molar-refractivity contribution in [3.8, 4) is 0 Å². The average molecular weight is 133 g/mol. The molecule has 0 atom stereocenters. The van der Waals surface area contributed by atoms with Crippen LogP contribution in [-0.4, -0.2) is 14.2 Å². The van der Waals surface area contributed by atoms with E-state index in [4.69, 9.17) is 0 Å². The zero-order valence-corrected chi connectivity index (χ0v) is 4.61. The minimum Gasteiger partial charge on any atom is -0.256 e. The fourth-order valence-electron chi connectivity index (χ4n) is 0.325. The first kappa shape index (κ1) is 5.23. The summed E-state index contributed by atoms with van der Waals surface area (Å²) in [5.41, 5.74) is -1.11. The third kappa shape index (κ3) is 0.692. The Morgan fingerprint density at radius 1 is 1.50 bits per heavy atom. The molecule has 0 bridgehead atoms. The van der Waals surface area contributed by atoms with Crippen molar-refractivity contribution < 1.29 is 0 Å². The highest BCUT2D eigenvalue weighted by molar-refractivity contribution is 7.78. The summed E-state index contributed by atoms with van der Waals surface area (Å²) in [6.45, 7) is 0. The lowest BCUT2D eigenvalue weighted by Crippen LogP contribution is -2.10. The predicted molar refractivity (Wildman–Crippen MR) is 30.1 cm³/mol. The molecule has 1 aromatic heterocycles. The molecule has 0 amide bonds. The van der Waals surface area contributed by atoms with Crippen LogP contribution in [0, 0.1) is 0 Å². The Labute approximate surface area is 48.9 Å². The molecule has 1 heterocycles. The molecule has 6 heteroatoms. The summed E-state index contributed by atoms with van der Waals surface area (Å²) in [4.78, 5) is 22.3. The number of rotatable bonds is 0. The Kier molecular flexibility index (Phi) is 1.01. The molecular formula is C2H3N3O2S. The highest BCUT2D eigenvalue weighted by Gasteiger charge is 1.89.